The number of aliphatic hydroxyl groups excluding tert-OH is 1. The third-order valence-corrected chi connectivity index (χ3v) is 2.93. The standard InChI is InChI=1S/C15H22N2O3/c1-11(2)13(18)10-14(19)16-8-9-17-15(20)12-6-4-3-5-7-12/h3-7,11,13,18H,8-10H2,1-2H3,(H,16,19)(H,17,20). The number of carbonyl (C=O) groups is 2. The zero-order chi connectivity index (χ0) is 15.0. The maximum absolute atomic E-state index is 11.7. The maximum Gasteiger partial charge on any atom is 0.251 e. The Bertz CT molecular complexity index is 432. The SMILES string of the molecule is CC(C)C(O)CC(=O)NCCNC(=O)c1ccccc1. The molecule has 0 aromatic heterocycles. The molecule has 1 unspecified atom stereocenters. The molecular weight excluding hydrogens is 256 g/mol. The molecule has 110 valence electrons. The average Bonchev–Trinajstić information content (AvgIpc) is 2.44. The number of benzene rings is 1. The largest absolute Gasteiger partial charge is 0.392 e. The van der Waals surface area contributed by atoms with Gasteiger partial charge in [0.15, 0.2) is 0 Å². The van der Waals surface area contributed by atoms with Crippen LogP contribution in [0.5, 0.6) is 0 Å². The van der Waals surface area contributed by atoms with Crippen molar-refractivity contribution in [3.63, 3.8) is 0 Å². The van der Waals surface area contributed by atoms with Crippen LogP contribution in [0, 0.1) is 5.92 Å². The molecule has 0 saturated heterocycles. The first-order valence-corrected chi connectivity index (χ1v) is 6.78. The summed E-state index contributed by atoms with van der Waals surface area (Å²) in [5.74, 6) is -0.319. The highest BCUT2D eigenvalue weighted by Crippen LogP contribution is 2.04. The van der Waals surface area contributed by atoms with Gasteiger partial charge < -0.3 is 15.7 Å². The van der Waals surface area contributed by atoms with Crippen molar-refractivity contribution in [2.75, 3.05) is 13.1 Å². The molecule has 0 spiro atoms. The van der Waals surface area contributed by atoms with Crippen LogP contribution in [-0.4, -0.2) is 36.1 Å². The van der Waals surface area contributed by atoms with Crippen LogP contribution in [0.1, 0.15) is 30.6 Å². The fraction of sp³-hybridized carbons (Fsp3) is 0.467. The highest BCUT2D eigenvalue weighted by molar-refractivity contribution is 5.94. The molecule has 5 heteroatoms. The van der Waals surface area contributed by atoms with Gasteiger partial charge in [0.05, 0.1) is 12.5 Å². The molecule has 1 atom stereocenters. The molecule has 0 aliphatic carbocycles. The van der Waals surface area contributed by atoms with E-state index < -0.39 is 6.10 Å². The number of nitrogens with one attached hydrogen (secondary N) is 2. The summed E-state index contributed by atoms with van der Waals surface area (Å²) in [4.78, 5) is 23.2. The molecule has 0 radical (unpaired) electrons. The van der Waals surface area contributed by atoms with Crippen LogP contribution < -0.4 is 10.6 Å². The third-order valence-electron chi connectivity index (χ3n) is 2.93. The molecule has 0 heterocycles. The number of aliphatic hydroxyl groups is 1. The monoisotopic (exact) mass is 278 g/mol. The molecule has 0 bridgehead atoms. The van der Waals surface area contributed by atoms with Gasteiger partial charge in [0.25, 0.3) is 5.91 Å². The van der Waals surface area contributed by atoms with Crippen molar-refractivity contribution in [1.82, 2.24) is 10.6 Å². The predicted octanol–water partition coefficient (Wildman–Crippen LogP) is 0.940. The minimum absolute atomic E-state index is 0.0542. The van der Waals surface area contributed by atoms with E-state index in [0.29, 0.717) is 18.7 Å². The number of hydrogen-bond acceptors (Lipinski definition) is 3. The summed E-state index contributed by atoms with van der Waals surface area (Å²) in [6.07, 6.45) is -0.543. The zero-order valence-corrected chi connectivity index (χ0v) is 11.9. The summed E-state index contributed by atoms with van der Waals surface area (Å²) < 4.78 is 0. The Morgan fingerprint density at radius 3 is 2.30 bits per heavy atom. The van der Waals surface area contributed by atoms with Gasteiger partial charge in [-0.15, -0.1) is 0 Å². The fourth-order valence-corrected chi connectivity index (χ4v) is 1.57. The quantitative estimate of drug-likeness (QED) is 0.650. The van der Waals surface area contributed by atoms with E-state index in [0.717, 1.165) is 0 Å². The van der Waals surface area contributed by atoms with E-state index in [4.69, 9.17) is 0 Å². The second kappa shape index (κ2) is 8.32. The van der Waals surface area contributed by atoms with Gasteiger partial charge in [0, 0.05) is 18.7 Å². The summed E-state index contributed by atoms with van der Waals surface area (Å²) in [5, 5.41) is 14.9. The highest BCUT2D eigenvalue weighted by Gasteiger charge is 2.13. The molecule has 5 nitrogen and oxygen atoms in total. The molecule has 0 saturated carbocycles. The van der Waals surface area contributed by atoms with Crippen LogP contribution in [0.3, 0.4) is 0 Å². The Morgan fingerprint density at radius 1 is 1.10 bits per heavy atom. The lowest BCUT2D eigenvalue weighted by molar-refractivity contribution is -0.123. The Kier molecular flexibility index (Phi) is 6.73. The Morgan fingerprint density at radius 2 is 1.70 bits per heavy atom. The smallest absolute Gasteiger partial charge is 0.251 e. The van der Waals surface area contributed by atoms with Crippen LogP contribution in [0.25, 0.3) is 0 Å². The molecule has 1 rings (SSSR count). The van der Waals surface area contributed by atoms with Crippen LogP contribution in [0.15, 0.2) is 30.3 Å². The van der Waals surface area contributed by atoms with Gasteiger partial charge in [0.1, 0.15) is 0 Å². The van der Waals surface area contributed by atoms with Crippen molar-refractivity contribution in [3.05, 3.63) is 35.9 Å². The van der Waals surface area contributed by atoms with E-state index in [1.54, 1.807) is 24.3 Å². The fourth-order valence-electron chi connectivity index (χ4n) is 1.57. The normalized spacial score (nSPS) is 12.0. The molecule has 3 N–H and O–H groups in total. The van der Waals surface area contributed by atoms with Gasteiger partial charge in [-0.3, -0.25) is 9.59 Å². The number of hydrogen-bond donors (Lipinski definition) is 3. The number of rotatable bonds is 7. The van der Waals surface area contributed by atoms with Crippen molar-refractivity contribution >= 4 is 11.8 Å². The maximum atomic E-state index is 11.7. The Balaban J connectivity index is 2.19. The van der Waals surface area contributed by atoms with Crippen LogP contribution in [0.2, 0.25) is 0 Å². The summed E-state index contributed by atoms with van der Waals surface area (Å²) in [5.41, 5.74) is 0.592. The van der Waals surface area contributed by atoms with Crippen molar-refractivity contribution in [2.45, 2.75) is 26.4 Å². The summed E-state index contributed by atoms with van der Waals surface area (Å²) >= 11 is 0. The zero-order valence-electron chi connectivity index (χ0n) is 11.9. The average molecular weight is 278 g/mol. The van der Waals surface area contributed by atoms with Crippen LogP contribution >= 0.6 is 0 Å². The number of carbonyl (C=O) groups excluding carboxylic acids is 2. The van der Waals surface area contributed by atoms with Crippen molar-refractivity contribution in [1.29, 1.82) is 0 Å². The van der Waals surface area contributed by atoms with Gasteiger partial charge in [-0.05, 0) is 18.1 Å². The first-order valence-electron chi connectivity index (χ1n) is 6.78. The lowest BCUT2D eigenvalue weighted by Crippen LogP contribution is -2.36. The van der Waals surface area contributed by atoms with Crippen molar-refractivity contribution in [2.24, 2.45) is 5.92 Å². The second-order valence-electron chi connectivity index (χ2n) is 4.99. The second-order valence-corrected chi connectivity index (χ2v) is 4.99. The van der Waals surface area contributed by atoms with Gasteiger partial charge in [-0.2, -0.15) is 0 Å². The van der Waals surface area contributed by atoms with Crippen LogP contribution in [-0.2, 0) is 4.79 Å². The molecule has 0 aliphatic heterocycles. The Hall–Kier alpha value is -1.88. The minimum atomic E-state index is -0.631. The molecule has 1 aromatic rings. The van der Waals surface area contributed by atoms with E-state index in [2.05, 4.69) is 10.6 Å². The molecule has 0 aliphatic rings. The molecule has 0 fully saturated rings. The highest BCUT2D eigenvalue weighted by atomic mass is 16.3. The summed E-state index contributed by atoms with van der Waals surface area (Å²) in [6, 6.07) is 8.89. The molecule has 1 aromatic carbocycles. The minimum Gasteiger partial charge on any atom is -0.392 e. The van der Waals surface area contributed by atoms with E-state index >= 15 is 0 Å². The van der Waals surface area contributed by atoms with E-state index in [1.165, 1.54) is 0 Å². The molecular formula is C15H22N2O3. The van der Waals surface area contributed by atoms with Gasteiger partial charge in [-0.1, -0.05) is 32.0 Å². The Labute approximate surface area is 119 Å². The van der Waals surface area contributed by atoms with E-state index in [1.807, 2.05) is 19.9 Å². The molecule has 20 heavy (non-hydrogen) atoms. The van der Waals surface area contributed by atoms with Gasteiger partial charge in [0.2, 0.25) is 5.91 Å². The first-order chi connectivity index (χ1) is 9.50. The van der Waals surface area contributed by atoms with Crippen molar-refractivity contribution < 1.29 is 14.7 Å². The van der Waals surface area contributed by atoms with Crippen LogP contribution in [0.4, 0.5) is 0 Å². The van der Waals surface area contributed by atoms with E-state index in [-0.39, 0.29) is 24.2 Å². The summed E-state index contributed by atoms with van der Waals surface area (Å²) in [6.45, 7) is 4.43. The topological polar surface area (TPSA) is 78.4 Å². The predicted molar refractivity (Wildman–Crippen MR) is 77.2 cm³/mol. The van der Waals surface area contributed by atoms with E-state index in [9.17, 15) is 14.7 Å². The van der Waals surface area contributed by atoms with Gasteiger partial charge >= 0.3 is 0 Å². The van der Waals surface area contributed by atoms with Crippen molar-refractivity contribution in [3.8, 4) is 0 Å². The lowest BCUT2D eigenvalue weighted by Gasteiger charge is -2.14. The van der Waals surface area contributed by atoms with Gasteiger partial charge in [-0.25, -0.2) is 0 Å². The third kappa shape index (κ3) is 5.84. The lowest BCUT2D eigenvalue weighted by atomic mass is 10.0. The molecule has 2 amide bonds. The first kappa shape index (κ1) is 16.2. The number of amides is 2. The summed E-state index contributed by atoms with van der Waals surface area (Å²) in [7, 11) is 0.